The average Bonchev–Trinajstić information content (AvgIpc) is 3.06. The number of rotatable bonds is 2. The fourth-order valence-corrected chi connectivity index (χ4v) is 4.34. The highest BCUT2D eigenvalue weighted by Crippen LogP contribution is 2.76. The Morgan fingerprint density at radius 2 is 2.15 bits per heavy atom. The smallest absolute Gasteiger partial charge is 0.242 e. The standard InChI is InChI=1S/C15H22O5/c1-8(16)5-9-6-11(17)14-7-10(14)13(2,3)20-15(14,19-4)12(9)18/h5,8,10-11,16-17H,6-7H2,1-4H3/b9-5+/t8-,10+,11+,14-,15-/m1/s1. The molecule has 2 saturated carbocycles. The van der Waals surface area contributed by atoms with Crippen LogP contribution in [-0.2, 0) is 14.3 Å². The summed E-state index contributed by atoms with van der Waals surface area (Å²) in [5.41, 5.74) is -0.728. The summed E-state index contributed by atoms with van der Waals surface area (Å²) in [6.45, 7) is 5.45. The molecule has 20 heavy (non-hydrogen) atoms. The SMILES string of the molecule is CO[C@]12OC(C)(C)[C@@H]3C[C@]31[C@@H](O)C/C(=C\[C@@H](C)O)C2=O. The van der Waals surface area contributed by atoms with Gasteiger partial charge < -0.3 is 19.7 Å². The van der Waals surface area contributed by atoms with Crippen molar-refractivity contribution >= 4 is 5.78 Å². The average molecular weight is 282 g/mol. The van der Waals surface area contributed by atoms with E-state index < -0.39 is 29.0 Å². The van der Waals surface area contributed by atoms with Crippen molar-refractivity contribution < 1.29 is 24.5 Å². The molecular weight excluding hydrogens is 260 g/mol. The third-order valence-electron chi connectivity index (χ3n) is 5.19. The van der Waals surface area contributed by atoms with E-state index in [4.69, 9.17) is 9.47 Å². The third-order valence-corrected chi connectivity index (χ3v) is 5.19. The molecule has 5 atom stereocenters. The molecule has 3 aliphatic rings. The number of ether oxygens (including phenoxy) is 2. The van der Waals surface area contributed by atoms with Gasteiger partial charge in [0.1, 0.15) is 0 Å². The number of ketones is 1. The van der Waals surface area contributed by atoms with Gasteiger partial charge in [0.25, 0.3) is 0 Å². The molecule has 0 radical (unpaired) electrons. The highest BCUT2D eigenvalue weighted by molar-refractivity contribution is 6.03. The van der Waals surface area contributed by atoms with Crippen LogP contribution in [0.1, 0.15) is 33.6 Å². The Kier molecular flexibility index (Phi) is 2.78. The molecule has 0 aromatic carbocycles. The predicted molar refractivity (Wildman–Crippen MR) is 70.8 cm³/mol. The van der Waals surface area contributed by atoms with Crippen molar-refractivity contribution in [2.24, 2.45) is 11.3 Å². The number of carbonyl (C=O) groups is 1. The van der Waals surface area contributed by atoms with Gasteiger partial charge >= 0.3 is 0 Å². The summed E-state index contributed by atoms with van der Waals surface area (Å²) in [7, 11) is 1.45. The quantitative estimate of drug-likeness (QED) is 0.732. The molecule has 112 valence electrons. The van der Waals surface area contributed by atoms with Gasteiger partial charge in [-0.05, 0) is 33.3 Å². The zero-order chi connectivity index (χ0) is 14.9. The molecule has 0 aromatic rings. The predicted octanol–water partition coefficient (Wildman–Crippen LogP) is 0.785. The lowest BCUT2D eigenvalue weighted by Crippen LogP contribution is -2.58. The molecule has 1 spiro atoms. The second kappa shape index (κ2) is 3.91. The van der Waals surface area contributed by atoms with Crippen molar-refractivity contribution in [2.75, 3.05) is 7.11 Å². The van der Waals surface area contributed by atoms with Gasteiger partial charge in [-0.1, -0.05) is 0 Å². The third kappa shape index (κ3) is 1.44. The lowest BCUT2D eigenvalue weighted by molar-refractivity contribution is -0.267. The van der Waals surface area contributed by atoms with Gasteiger partial charge in [0, 0.05) is 25.0 Å². The Morgan fingerprint density at radius 1 is 1.50 bits per heavy atom. The number of aliphatic hydroxyl groups is 2. The van der Waals surface area contributed by atoms with Gasteiger partial charge in [0.15, 0.2) is 0 Å². The van der Waals surface area contributed by atoms with E-state index in [1.165, 1.54) is 13.2 Å². The molecule has 1 heterocycles. The number of carbonyl (C=O) groups excluding carboxylic acids is 1. The first-order valence-electron chi connectivity index (χ1n) is 7.08. The van der Waals surface area contributed by atoms with Crippen LogP contribution in [-0.4, -0.2) is 46.7 Å². The zero-order valence-corrected chi connectivity index (χ0v) is 12.3. The summed E-state index contributed by atoms with van der Waals surface area (Å²) in [4.78, 5) is 12.8. The van der Waals surface area contributed by atoms with Crippen molar-refractivity contribution in [3.05, 3.63) is 11.6 Å². The molecule has 3 fully saturated rings. The Morgan fingerprint density at radius 3 is 2.65 bits per heavy atom. The van der Waals surface area contributed by atoms with Gasteiger partial charge in [-0.2, -0.15) is 0 Å². The van der Waals surface area contributed by atoms with E-state index in [1.54, 1.807) is 6.92 Å². The van der Waals surface area contributed by atoms with Gasteiger partial charge in [-0.3, -0.25) is 4.79 Å². The summed E-state index contributed by atoms with van der Waals surface area (Å²) in [5.74, 6) is -1.53. The summed E-state index contributed by atoms with van der Waals surface area (Å²) in [5, 5.41) is 20.1. The monoisotopic (exact) mass is 282 g/mol. The van der Waals surface area contributed by atoms with Gasteiger partial charge in [0.05, 0.1) is 23.2 Å². The summed E-state index contributed by atoms with van der Waals surface area (Å²) >= 11 is 0. The van der Waals surface area contributed by atoms with Crippen molar-refractivity contribution in [1.82, 2.24) is 0 Å². The van der Waals surface area contributed by atoms with Crippen LogP contribution >= 0.6 is 0 Å². The van der Waals surface area contributed by atoms with Crippen LogP contribution in [0.25, 0.3) is 0 Å². The Labute approximate surface area is 118 Å². The number of hydrogen-bond acceptors (Lipinski definition) is 5. The van der Waals surface area contributed by atoms with Gasteiger partial charge in [-0.25, -0.2) is 0 Å². The summed E-state index contributed by atoms with van der Waals surface area (Å²) in [6, 6.07) is 0. The van der Waals surface area contributed by atoms with Crippen LogP contribution in [0, 0.1) is 11.3 Å². The van der Waals surface area contributed by atoms with Crippen LogP contribution in [0.2, 0.25) is 0 Å². The van der Waals surface area contributed by atoms with E-state index in [-0.39, 0.29) is 18.1 Å². The first kappa shape index (κ1) is 14.2. The van der Waals surface area contributed by atoms with E-state index in [2.05, 4.69) is 0 Å². The second-order valence-electron chi connectivity index (χ2n) is 6.80. The highest BCUT2D eigenvalue weighted by atomic mass is 16.7. The molecule has 0 amide bonds. The minimum absolute atomic E-state index is 0.127. The molecule has 3 rings (SSSR count). The second-order valence-corrected chi connectivity index (χ2v) is 6.80. The van der Waals surface area contributed by atoms with E-state index in [0.717, 1.165) is 6.42 Å². The molecule has 1 aliphatic heterocycles. The van der Waals surface area contributed by atoms with Crippen molar-refractivity contribution in [3.63, 3.8) is 0 Å². The zero-order valence-electron chi connectivity index (χ0n) is 12.3. The molecular formula is C15H22O5. The lowest BCUT2D eigenvalue weighted by Gasteiger charge is -2.43. The van der Waals surface area contributed by atoms with E-state index in [1.807, 2.05) is 13.8 Å². The van der Waals surface area contributed by atoms with E-state index >= 15 is 0 Å². The Hall–Kier alpha value is -0.750. The molecule has 0 aromatic heterocycles. The first-order chi connectivity index (χ1) is 9.21. The largest absolute Gasteiger partial charge is 0.392 e. The first-order valence-corrected chi connectivity index (χ1v) is 7.08. The van der Waals surface area contributed by atoms with Crippen molar-refractivity contribution in [2.45, 2.75) is 57.2 Å². The van der Waals surface area contributed by atoms with Gasteiger partial charge in [0.2, 0.25) is 11.6 Å². The minimum atomic E-state index is -1.40. The number of methoxy groups -OCH3 is 1. The fourth-order valence-electron chi connectivity index (χ4n) is 4.34. The maximum atomic E-state index is 12.8. The highest BCUT2D eigenvalue weighted by Gasteiger charge is 2.85. The van der Waals surface area contributed by atoms with E-state index in [0.29, 0.717) is 5.57 Å². The lowest BCUT2D eigenvalue weighted by atomic mass is 9.73. The van der Waals surface area contributed by atoms with E-state index in [9.17, 15) is 15.0 Å². The summed E-state index contributed by atoms with van der Waals surface area (Å²) in [6.07, 6.45) is 1.05. The molecule has 1 saturated heterocycles. The van der Waals surface area contributed by atoms with Crippen LogP contribution in [0.3, 0.4) is 0 Å². The molecule has 0 bridgehead atoms. The van der Waals surface area contributed by atoms with Crippen LogP contribution < -0.4 is 0 Å². The molecule has 5 nitrogen and oxygen atoms in total. The van der Waals surface area contributed by atoms with Crippen LogP contribution in [0.15, 0.2) is 11.6 Å². The molecule has 5 heteroatoms. The number of aliphatic hydroxyl groups excluding tert-OH is 2. The van der Waals surface area contributed by atoms with Crippen molar-refractivity contribution in [1.29, 1.82) is 0 Å². The molecule has 2 aliphatic carbocycles. The van der Waals surface area contributed by atoms with Crippen LogP contribution in [0.4, 0.5) is 0 Å². The maximum Gasteiger partial charge on any atom is 0.242 e. The maximum absolute atomic E-state index is 12.8. The number of hydrogen-bond donors (Lipinski definition) is 2. The Balaban J connectivity index is 2.09. The number of Topliss-reactive ketones (excluding diaryl/α,β-unsaturated/α-hetero) is 1. The van der Waals surface area contributed by atoms with Crippen molar-refractivity contribution in [3.8, 4) is 0 Å². The molecule has 0 unspecified atom stereocenters. The Bertz CT molecular complexity index is 494. The van der Waals surface area contributed by atoms with Crippen LogP contribution in [0.5, 0.6) is 0 Å². The minimum Gasteiger partial charge on any atom is -0.392 e. The van der Waals surface area contributed by atoms with Gasteiger partial charge in [-0.15, -0.1) is 0 Å². The normalized spacial score (nSPS) is 48.9. The fraction of sp³-hybridized carbons (Fsp3) is 0.800. The molecule has 2 N–H and O–H groups in total. The summed E-state index contributed by atoms with van der Waals surface area (Å²) < 4.78 is 11.5. The topological polar surface area (TPSA) is 76.0 Å².